The topological polar surface area (TPSA) is 90.3 Å². The molecule has 0 amide bonds. The van der Waals surface area contributed by atoms with E-state index in [4.69, 9.17) is 16.2 Å². The highest BCUT2D eigenvalue weighted by Gasteiger charge is 2.30. The van der Waals surface area contributed by atoms with Crippen LogP contribution in [0.2, 0.25) is 0 Å². The number of nitrogens with two attached hydrogens (primary N) is 2. The zero-order valence-electron chi connectivity index (χ0n) is 12.8. The number of methoxy groups -OCH3 is 1. The smallest absolute Gasteiger partial charge is 0.222 e. The van der Waals surface area contributed by atoms with Crippen molar-refractivity contribution in [3.8, 4) is 0 Å². The number of piperidine rings is 1. The minimum Gasteiger partial charge on any atom is -0.381 e. The second-order valence-electron chi connectivity index (χ2n) is 5.86. The van der Waals surface area contributed by atoms with Crippen molar-refractivity contribution in [2.24, 2.45) is 5.73 Å². The number of nitrogens with zero attached hydrogens (tertiary/aromatic N) is 3. The molecule has 6 nitrogen and oxygen atoms in total. The number of ether oxygens (including phenoxy) is 1. The number of aromatic nitrogens is 2. The van der Waals surface area contributed by atoms with E-state index in [2.05, 4.69) is 20.9 Å². The van der Waals surface area contributed by atoms with Crippen molar-refractivity contribution < 1.29 is 4.74 Å². The first-order valence-electron chi connectivity index (χ1n) is 7.33. The molecule has 8 heteroatoms. The summed E-state index contributed by atoms with van der Waals surface area (Å²) in [6.45, 7) is 1.91. The maximum atomic E-state index is 5.87. The Bertz CT molecular complexity index is 476. The molecule has 2 heterocycles. The number of hydrogen-bond acceptors (Lipinski definition) is 6. The van der Waals surface area contributed by atoms with Crippen molar-refractivity contribution in [2.75, 3.05) is 30.8 Å². The fourth-order valence-corrected chi connectivity index (χ4v) is 3.07. The van der Waals surface area contributed by atoms with Crippen molar-refractivity contribution in [3.63, 3.8) is 0 Å². The molecule has 1 saturated carbocycles. The van der Waals surface area contributed by atoms with Gasteiger partial charge in [0.2, 0.25) is 5.95 Å². The molecular formula is C14H25Cl2N5O. The summed E-state index contributed by atoms with van der Waals surface area (Å²) in [5, 5.41) is 0. The van der Waals surface area contributed by atoms with E-state index in [1.165, 1.54) is 0 Å². The molecule has 3 rings (SSSR count). The first-order valence-corrected chi connectivity index (χ1v) is 7.33. The zero-order valence-corrected chi connectivity index (χ0v) is 14.4. The van der Waals surface area contributed by atoms with E-state index in [0.717, 1.165) is 50.3 Å². The minimum absolute atomic E-state index is 0. The summed E-state index contributed by atoms with van der Waals surface area (Å²) in [5.74, 6) is 1.76. The molecule has 0 atom stereocenters. The molecule has 0 bridgehead atoms. The Morgan fingerprint density at radius 3 is 2.36 bits per heavy atom. The molecule has 126 valence electrons. The van der Waals surface area contributed by atoms with Crippen molar-refractivity contribution in [1.82, 2.24) is 9.97 Å². The SMILES string of the molecule is COC1CCN(c2cc(C3CC(N)C3)nc(N)n2)CC1.Cl.Cl. The van der Waals surface area contributed by atoms with Gasteiger partial charge in [-0.15, -0.1) is 24.8 Å². The van der Waals surface area contributed by atoms with E-state index in [-0.39, 0.29) is 24.8 Å². The van der Waals surface area contributed by atoms with Gasteiger partial charge in [-0.2, -0.15) is 4.98 Å². The number of halogens is 2. The van der Waals surface area contributed by atoms with Gasteiger partial charge in [0.05, 0.1) is 11.8 Å². The fraction of sp³-hybridized carbons (Fsp3) is 0.714. The Morgan fingerprint density at radius 1 is 1.18 bits per heavy atom. The first-order chi connectivity index (χ1) is 9.65. The Balaban J connectivity index is 0.00000121. The molecule has 0 aromatic carbocycles. The van der Waals surface area contributed by atoms with Crippen LogP contribution in [0.25, 0.3) is 0 Å². The molecule has 2 fully saturated rings. The third-order valence-corrected chi connectivity index (χ3v) is 4.44. The summed E-state index contributed by atoms with van der Waals surface area (Å²) in [6, 6.07) is 2.40. The number of hydrogen-bond donors (Lipinski definition) is 2. The predicted octanol–water partition coefficient (Wildman–Crippen LogP) is 1.72. The van der Waals surface area contributed by atoms with Crippen LogP contribution in [0.3, 0.4) is 0 Å². The van der Waals surface area contributed by atoms with Gasteiger partial charge in [-0.25, -0.2) is 4.98 Å². The molecule has 1 aromatic rings. The van der Waals surface area contributed by atoms with Crippen molar-refractivity contribution in [2.45, 2.75) is 43.7 Å². The molecule has 2 aliphatic rings. The summed E-state index contributed by atoms with van der Waals surface area (Å²) >= 11 is 0. The van der Waals surface area contributed by atoms with Crippen molar-refractivity contribution in [3.05, 3.63) is 11.8 Å². The molecule has 0 spiro atoms. The molecule has 4 N–H and O–H groups in total. The lowest BCUT2D eigenvalue weighted by Gasteiger charge is -2.34. The van der Waals surface area contributed by atoms with E-state index < -0.39 is 0 Å². The van der Waals surface area contributed by atoms with Gasteiger partial charge in [-0.3, -0.25) is 0 Å². The lowest BCUT2D eigenvalue weighted by Crippen LogP contribution is -2.38. The van der Waals surface area contributed by atoms with Crippen LogP contribution in [0.15, 0.2) is 6.07 Å². The standard InChI is InChI=1S/C14H23N5O.2ClH/c1-20-11-2-4-19(5-3-11)13-8-12(17-14(16)18-13)9-6-10(15)7-9;;/h8-11H,2-7,15H2,1H3,(H2,16,17,18);2*1H. The highest BCUT2D eigenvalue weighted by Crippen LogP contribution is 2.36. The van der Waals surface area contributed by atoms with Crippen LogP contribution in [0.4, 0.5) is 11.8 Å². The summed E-state index contributed by atoms with van der Waals surface area (Å²) in [4.78, 5) is 11.0. The van der Waals surface area contributed by atoms with Crippen LogP contribution in [-0.2, 0) is 4.74 Å². The second kappa shape index (κ2) is 8.15. The second-order valence-corrected chi connectivity index (χ2v) is 5.86. The highest BCUT2D eigenvalue weighted by atomic mass is 35.5. The van der Waals surface area contributed by atoms with E-state index in [0.29, 0.717) is 24.0 Å². The maximum absolute atomic E-state index is 5.87. The normalized spacial score (nSPS) is 24.9. The lowest BCUT2D eigenvalue weighted by atomic mass is 9.78. The van der Waals surface area contributed by atoms with Crippen LogP contribution >= 0.6 is 24.8 Å². The summed E-state index contributed by atoms with van der Waals surface area (Å²) in [5.41, 5.74) is 12.8. The molecular weight excluding hydrogens is 325 g/mol. The Labute approximate surface area is 143 Å². The van der Waals surface area contributed by atoms with Gasteiger partial charge in [-0.05, 0) is 25.7 Å². The van der Waals surface area contributed by atoms with Gasteiger partial charge in [0.15, 0.2) is 0 Å². The number of nitrogen functional groups attached to an aromatic ring is 1. The van der Waals surface area contributed by atoms with Gasteiger partial charge in [0.1, 0.15) is 5.82 Å². The molecule has 1 saturated heterocycles. The van der Waals surface area contributed by atoms with Gasteiger partial charge in [0.25, 0.3) is 0 Å². The molecule has 0 unspecified atom stereocenters. The molecule has 1 aliphatic heterocycles. The Kier molecular flexibility index (Phi) is 7.12. The molecule has 22 heavy (non-hydrogen) atoms. The number of anilines is 2. The predicted molar refractivity (Wildman–Crippen MR) is 93.1 cm³/mol. The summed E-state index contributed by atoms with van der Waals surface area (Å²) in [6.07, 6.45) is 4.44. The number of rotatable bonds is 3. The largest absolute Gasteiger partial charge is 0.381 e. The Hall–Kier alpha value is -0.820. The quantitative estimate of drug-likeness (QED) is 0.863. The summed E-state index contributed by atoms with van der Waals surface area (Å²) in [7, 11) is 1.78. The van der Waals surface area contributed by atoms with Gasteiger partial charge < -0.3 is 21.1 Å². The zero-order chi connectivity index (χ0) is 14.1. The van der Waals surface area contributed by atoms with Gasteiger partial charge in [-0.1, -0.05) is 0 Å². The first kappa shape index (κ1) is 19.2. The highest BCUT2D eigenvalue weighted by molar-refractivity contribution is 5.85. The van der Waals surface area contributed by atoms with E-state index >= 15 is 0 Å². The summed E-state index contributed by atoms with van der Waals surface area (Å²) < 4.78 is 5.40. The van der Waals surface area contributed by atoms with E-state index in [1.807, 2.05) is 0 Å². The molecule has 1 aromatic heterocycles. The monoisotopic (exact) mass is 349 g/mol. The van der Waals surface area contributed by atoms with Crippen LogP contribution in [0, 0.1) is 0 Å². The fourth-order valence-electron chi connectivity index (χ4n) is 3.07. The van der Waals surface area contributed by atoms with E-state index in [1.54, 1.807) is 7.11 Å². The van der Waals surface area contributed by atoms with Crippen LogP contribution in [-0.4, -0.2) is 42.3 Å². The van der Waals surface area contributed by atoms with Crippen LogP contribution in [0.5, 0.6) is 0 Å². The van der Waals surface area contributed by atoms with Crippen molar-refractivity contribution in [1.29, 1.82) is 0 Å². The van der Waals surface area contributed by atoms with Gasteiger partial charge in [0, 0.05) is 38.2 Å². The molecule has 0 radical (unpaired) electrons. The minimum atomic E-state index is 0. The maximum Gasteiger partial charge on any atom is 0.222 e. The average molecular weight is 350 g/mol. The van der Waals surface area contributed by atoms with Crippen LogP contribution < -0.4 is 16.4 Å². The van der Waals surface area contributed by atoms with Crippen molar-refractivity contribution >= 4 is 36.6 Å². The third kappa shape index (κ3) is 4.13. The van der Waals surface area contributed by atoms with E-state index in [9.17, 15) is 0 Å². The Morgan fingerprint density at radius 2 is 1.82 bits per heavy atom. The molecule has 1 aliphatic carbocycles. The average Bonchev–Trinajstić information content (AvgIpc) is 2.43. The lowest BCUT2D eigenvalue weighted by molar-refractivity contribution is 0.0818. The van der Waals surface area contributed by atoms with Gasteiger partial charge >= 0.3 is 0 Å². The third-order valence-electron chi connectivity index (χ3n) is 4.44. The van der Waals surface area contributed by atoms with Crippen LogP contribution in [0.1, 0.15) is 37.3 Å².